The Kier molecular flexibility index (Phi) is 1.21. The molecule has 0 aromatic rings. The second-order valence-electron chi connectivity index (χ2n) is 1.65. The van der Waals surface area contributed by atoms with E-state index >= 15 is 0 Å². The van der Waals surface area contributed by atoms with E-state index in [-0.39, 0.29) is 5.91 Å². The Morgan fingerprint density at radius 3 is 2.25 bits per heavy atom. The highest BCUT2D eigenvalue weighted by molar-refractivity contribution is 5.77. The average Bonchev–Trinajstić information content (AvgIpc) is 1.98. The van der Waals surface area contributed by atoms with Crippen LogP contribution in [0.1, 0.15) is 6.42 Å². The summed E-state index contributed by atoms with van der Waals surface area (Å²) in [6, 6.07) is 0. The number of rotatable bonds is 0. The van der Waals surface area contributed by atoms with Gasteiger partial charge in [-0.2, -0.15) is 0 Å². The van der Waals surface area contributed by atoms with Crippen molar-refractivity contribution in [2.75, 3.05) is 6.54 Å². The highest BCUT2D eigenvalue weighted by Crippen LogP contribution is 2.07. The molecule has 42 valence electrons. The maximum atomic E-state index is 10.5. The molecule has 1 aliphatic rings. The second-order valence-corrected chi connectivity index (χ2v) is 1.65. The molecule has 4 radical (unpaired) electrons. The van der Waals surface area contributed by atoms with Crippen LogP contribution in [0, 0.1) is 14.1 Å². The van der Waals surface area contributed by atoms with Gasteiger partial charge in [-0.15, -0.1) is 0 Å². The van der Waals surface area contributed by atoms with E-state index in [2.05, 4.69) is 0 Å². The van der Waals surface area contributed by atoms with Gasteiger partial charge in [0.15, 0.2) is 0 Å². The Hall–Kier alpha value is -0.570. The topological polar surface area (TPSA) is 23.6 Å². The first-order valence-corrected chi connectivity index (χ1v) is 2.31. The Morgan fingerprint density at radius 1 is 1.50 bits per heavy atom. The molecular weight excluding hydrogens is 104 g/mol. The number of hydrogen-bond donors (Lipinski definition) is 0. The van der Waals surface area contributed by atoms with Gasteiger partial charge in [-0.25, -0.2) is 5.01 Å². The molecule has 0 saturated carbocycles. The van der Waals surface area contributed by atoms with Gasteiger partial charge in [0.1, 0.15) is 0 Å². The average molecular weight is 110 g/mol. The second kappa shape index (κ2) is 1.74. The lowest BCUT2D eigenvalue weighted by Crippen LogP contribution is -2.27. The standard InChI is InChI=1S/C5H6N2O/c1-6-4-3-5(8)7(6)2/h1-2H,3-4H2. The molecule has 3 heteroatoms. The fraction of sp³-hybridized carbons (Fsp3) is 0.400. The summed E-state index contributed by atoms with van der Waals surface area (Å²) in [5.74, 6) is -0.132. The minimum absolute atomic E-state index is 0.132. The highest BCUT2D eigenvalue weighted by atomic mass is 16.2. The smallest absolute Gasteiger partial charge is 0.238 e. The summed E-state index contributed by atoms with van der Waals surface area (Å²) in [7, 11) is 10.3. The van der Waals surface area contributed by atoms with Crippen molar-refractivity contribution in [3.8, 4) is 0 Å². The molecule has 1 rings (SSSR count). The fourth-order valence-corrected chi connectivity index (χ4v) is 0.576. The van der Waals surface area contributed by atoms with E-state index in [9.17, 15) is 4.79 Å². The molecule has 1 amide bonds. The molecule has 0 N–H and O–H groups in total. The third kappa shape index (κ3) is 0.690. The van der Waals surface area contributed by atoms with E-state index < -0.39 is 0 Å². The van der Waals surface area contributed by atoms with E-state index in [0.29, 0.717) is 13.0 Å². The summed E-state index contributed by atoms with van der Waals surface area (Å²) >= 11 is 0. The molecule has 1 fully saturated rings. The Morgan fingerprint density at radius 2 is 2.12 bits per heavy atom. The van der Waals surface area contributed by atoms with Crippen LogP contribution in [0.3, 0.4) is 0 Å². The van der Waals surface area contributed by atoms with Crippen LogP contribution in [-0.4, -0.2) is 22.5 Å². The van der Waals surface area contributed by atoms with Crippen LogP contribution in [0.4, 0.5) is 0 Å². The first-order valence-electron chi connectivity index (χ1n) is 2.31. The van der Waals surface area contributed by atoms with Crippen LogP contribution in [0.5, 0.6) is 0 Å². The summed E-state index contributed by atoms with van der Waals surface area (Å²) in [6.07, 6.45) is 0.424. The summed E-state index contributed by atoms with van der Waals surface area (Å²) < 4.78 is 0. The summed E-state index contributed by atoms with van der Waals surface area (Å²) in [5.41, 5.74) is 0. The normalized spacial score (nSPS) is 22.8. The highest BCUT2D eigenvalue weighted by Gasteiger charge is 2.21. The van der Waals surface area contributed by atoms with Crippen molar-refractivity contribution in [2.45, 2.75) is 6.42 Å². The summed E-state index contributed by atoms with van der Waals surface area (Å²) in [6.45, 7) is 0.523. The molecule has 1 aliphatic heterocycles. The molecule has 0 unspecified atom stereocenters. The monoisotopic (exact) mass is 110 g/mol. The Balaban J connectivity index is 2.56. The molecule has 3 nitrogen and oxygen atoms in total. The van der Waals surface area contributed by atoms with Gasteiger partial charge in [-0.1, -0.05) is 0 Å². The van der Waals surface area contributed by atoms with Crippen molar-refractivity contribution in [3.05, 3.63) is 14.1 Å². The minimum atomic E-state index is -0.132. The first kappa shape index (κ1) is 5.56. The van der Waals surface area contributed by atoms with Gasteiger partial charge >= 0.3 is 0 Å². The third-order valence-electron chi connectivity index (χ3n) is 1.09. The number of carbonyl (C=O) groups excluding carboxylic acids is 1. The fourth-order valence-electron chi connectivity index (χ4n) is 0.576. The van der Waals surface area contributed by atoms with E-state index in [1.165, 1.54) is 5.01 Å². The van der Waals surface area contributed by atoms with Crippen molar-refractivity contribution in [1.82, 2.24) is 10.0 Å². The van der Waals surface area contributed by atoms with Crippen molar-refractivity contribution >= 4 is 5.91 Å². The third-order valence-corrected chi connectivity index (χ3v) is 1.09. The zero-order valence-electron chi connectivity index (χ0n) is 4.37. The van der Waals surface area contributed by atoms with Crippen LogP contribution in [0.2, 0.25) is 0 Å². The predicted octanol–water partition coefficient (Wildman–Crippen LogP) is -0.227. The molecule has 0 bridgehead atoms. The molecular formula is C5H6N2O. The number of hydrogen-bond acceptors (Lipinski definition) is 2. The van der Waals surface area contributed by atoms with Gasteiger partial charge in [0.2, 0.25) is 5.91 Å². The Labute approximate surface area is 48.8 Å². The predicted molar refractivity (Wildman–Crippen MR) is 26.8 cm³/mol. The van der Waals surface area contributed by atoms with Gasteiger partial charge in [0.05, 0.1) is 14.1 Å². The van der Waals surface area contributed by atoms with Gasteiger partial charge in [0.25, 0.3) is 0 Å². The van der Waals surface area contributed by atoms with Crippen molar-refractivity contribution in [3.63, 3.8) is 0 Å². The molecule has 1 heterocycles. The molecule has 0 atom stereocenters. The van der Waals surface area contributed by atoms with Gasteiger partial charge in [-0.05, 0) is 0 Å². The summed E-state index contributed by atoms with van der Waals surface area (Å²) in [5, 5.41) is 2.10. The lowest BCUT2D eigenvalue weighted by molar-refractivity contribution is -0.131. The number of hydrazine groups is 1. The SMILES string of the molecule is [CH]N1CCC(=O)N1[CH]. The molecule has 0 aromatic carbocycles. The van der Waals surface area contributed by atoms with Gasteiger partial charge < -0.3 is 0 Å². The van der Waals surface area contributed by atoms with E-state index in [4.69, 9.17) is 14.1 Å². The number of amides is 1. The number of nitrogens with zero attached hydrogens (tertiary/aromatic N) is 2. The maximum absolute atomic E-state index is 10.5. The zero-order valence-corrected chi connectivity index (χ0v) is 4.37. The van der Waals surface area contributed by atoms with Crippen molar-refractivity contribution in [2.24, 2.45) is 0 Å². The molecule has 0 aliphatic carbocycles. The van der Waals surface area contributed by atoms with Crippen LogP contribution in [-0.2, 0) is 4.79 Å². The van der Waals surface area contributed by atoms with Crippen LogP contribution < -0.4 is 0 Å². The zero-order chi connectivity index (χ0) is 6.15. The van der Waals surface area contributed by atoms with E-state index in [0.717, 1.165) is 5.01 Å². The lowest BCUT2D eigenvalue weighted by atomic mass is 10.4. The summed E-state index contributed by atoms with van der Waals surface area (Å²) in [4.78, 5) is 10.5. The molecule has 1 saturated heterocycles. The molecule has 8 heavy (non-hydrogen) atoms. The van der Waals surface area contributed by atoms with Crippen LogP contribution >= 0.6 is 0 Å². The Bertz CT molecular complexity index is 113. The largest absolute Gasteiger partial charge is 0.273 e. The van der Waals surface area contributed by atoms with Crippen LogP contribution in [0.25, 0.3) is 0 Å². The molecule has 0 spiro atoms. The number of carbonyl (C=O) groups is 1. The van der Waals surface area contributed by atoms with Gasteiger partial charge in [0, 0.05) is 13.0 Å². The van der Waals surface area contributed by atoms with Gasteiger partial charge in [-0.3, -0.25) is 9.80 Å². The quantitative estimate of drug-likeness (QED) is 0.430. The molecule has 0 aromatic heterocycles. The van der Waals surface area contributed by atoms with E-state index in [1.54, 1.807) is 0 Å². The minimum Gasteiger partial charge on any atom is -0.273 e. The van der Waals surface area contributed by atoms with E-state index in [1.807, 2.05) is 0 Å². The first-order chi connectivity index (χ1) is 3.72. The lowest BCUT2D eigenvalue weighted by Gasteiger charge is -2.15. The van der Waals surface area contributed by atoms with Crippen molar-refractivity contribution < 1.29 is 4.79 Å². The van der Waals surface area contributed by atoms with Crippen molar-refractivity contribution in [1.29, 1.82) is 0 Å². The maximum Gasteiger partial charge on any atom is 0.238 e. The van der Waals surface area contributed by atoms with Crippen LogP contribution in [0.15, 0.2) is 0 Å².